The van der Waals surface area contributed by atoms with Gasteiger partial charge < -0.3 is 8.98 Å². The third-order valence-electron chi connectivity index (χ3n) is 2.93. The Morgan fingerprint density at radius 2 is 2.30 bits per heavy atom. The van der Waals surface area contributed by atoms with Crippen molar-refractivity contribution in [2.75, 3.05) is 0 Å². The molecule has 0 saturated heterocycles. The molecule has 5 nitrogen and oxygen atoms in total. The van der Waals surface area contributed by atoms with E-state index >= 15 is 0 Å². The highest BCUT2D eigenvalue weighted by atomic mass is 32.1. The van der Waals surface area contributed by atoms with Crippen molar-refractivity contribution in [2.24, 2.45) is 0 Å². The van der Waals surface area contributed by atoms with Crippen molar-refractivity contribution in [1.29, 1.82) is 0 Å². The molecule has 0 bridgehead atoms. The smallest absolute Gasteiger partial charge is 0.284 e. The number of rotatable bonds is 3. The van der Waals surface area contributed by atoms with Crippen LogP contribution in [0.15, 0.2) is 38.9 Å². The van der Waals surface area contributed by atoms with Gasteiger partial charge in [-0.3, -0.25) is 4.79 Å². The van der Waals surface area contributed by atoms with Crippen LogP contribution in [0.25, 0.3) is 22.0 Å². The Hall–Kier alpha value is -1.99. The first kappa shape index (κ1) is 13.0. The number of aromatic amines is 1. The summed E-state index contributed by atoms with van der Waals surface area (Å²) in [5.41, 5.74) is 1.16. The maximum absolute atomic E-state index is 12.5. The highest BCUT2D eigenvalue weighted by molar-refractivity contribution is 7.71. The van der Waals surface area contributed by atoms with Crippen LogP contribution in [0, 0.1) is 4.84 Å². The molecular formula is C13H11N3O2S2. The lowest BCUT2D eigenvalue weighted by Crippen LogP contribution is -2.22. The Morgan fingerprint density at radius 3 is 2.90 bits per heavy atom. The molecule has 0 amide bonds. The van der Waals surface area contributed by atoms with Gasteiger partial charge in [0.15, 0.2) is 0 Å². The van der Waals surface area contributed by atoms with Gasteiger partial charge in [0.25, 0.3) is 16.3 Å². The lowest BCUT2D eigenvalue weighted by Gasteiger charge is -2.10. The van der Waals surface area contributed by atoms with Crippen molar-refractivity contribution in [3.8, 4) is 22.0 Å². The predicted octanol–water partition coefficient (Wildman–Crippen LogP) is 3.31. The third kappa shape index (κ3) is 2.14. The molecule has 0 unspecified atom stereocenters. The SMILES string of the molecule is CCn1c(-c2cccs2)ccc(-c2n[nH]c(=S)o2)c1=O. The van der Waals surface area contributed by atoms with Gasteiger partial charge in [0, 0.05) is 6.54 Å². The summed E-state index contributed by atoms with van der Waals surface area (Å²) in [5.74, 6) is 0.222. The Labute approximate surface area is 123 Å². The average molecular weight is 305 g/mol. The highest BCUT2D eigenvalue weighted by Gasteiger charge is 2.14. The molecule has 3 aromatic rings. The largest absolute Gasteiger partial charge is 0.409 e. The molecule has 0 atom stereocenters. The fourth-order valence-corrected chi connectivity index (χ4v) is 2.92. The summed E-state index contributed by atoms with van der Waals surface area (Å²) in [6.45, 7) is 2.51. The molecule has 0 saturated carbocycles. The third-order valence-corrected chi connectivity index (χ3v) is 4.00. The topological polar surface area (TPSA) is 63.8 Å². The molecule has 0 aliphatic heterocycles. The molecule has 0 spiro atoms. The molecule has 20 heavy (non-hydrogen) atoms. The van der Waals surface area contributed by atoms with Gasteiger partial charge in [-0.05, 0) is 42.7 Å². The summed E-state index contributed by atoms with van der Waals surface area (Å²) < 4.78 is 6.92. The van der Waals surface area contributed by atoms with E-state index in [1.165, 1.54) is 0 Å². The van der Waals surface area contributed by atoms with Crippen LogP contribution in [0.3, 0.4) is 0 Å². The van der Waals surface area contributed by atoms with E-state index in [1.807, 2.05) is 30.5 Å². The van der Waals surface area contributed by atoms with Gasteiger partial charge in [-0.25, -0.2) is 5.10 Å². The number of hydrogen-bond acceptors (Lipinski definition) is 5. The average Bonchev–Trinajstić information content (AvgIpc) is 3.09. The first-order valence-electron chi connectivity index (χ1n) is 6.04. The zero-order chi connectivity index (χ0) is 14.1. The van der Waals surface area contributed by atoms with Gasteiger partial charge in [0.05, 0.1) is 10.6 Å². The van der Waals surface area contributed by atoms with Crippen molar-refractivity contribution in [1.82, 2.24) is 14.8 Å². The first-order valence-corrected chi connectivity index (χ1v) is 7.33. The minimum atomic E-state index is -0.136. The van der Waals surface area contributed by atoms with Crippen molar-refractivity contribution >= 4 is 23.6 Å². The van der Waals surface area contributed by atoms with Gasteiger partial charge in [0.2, 0.25) is 0 Å². The van der Waals surface area contributed by atoms with E-state index in [9.17, 15) is 4.79 Å². The van der Waals surface area contributed by atoms with Crippen molar-refractivity contribution < 1.29 is 4.42 Å². The number of H-pyrrole nitrogens is 1. The highest BCUT2D eigenvalue weighted by Crippen LogP contribution is 2.25. The van der Waals surface area contributed by atoms with Crippen molar-refractivity contribution in [3.05, 3.63) is 44.8 Å². The molecule has 3 heterocycles. The predicted molar refractivity (Wildman–Crippen MR) is 80.4 cm³/mol. The zero-order valence-electron chi connectivity index (χ0n) is 10.6. The molecule has 0 fully saturated rings. The van der Waals surface area contributed by atoms with Gasteiger partial charge in [-0.1, -0.05) is 6.07 Å². The maximum atomic E-state index is 12.5. The maximum Gasteiger partial charge on any atom is 0.284 e. The molecule has 3 aromatic heterocycles. The van der Waals surface area contributed by atoms with E-state index in [4.69, 9.17) is 16.6 Å². The molecule has 1 N–H and O–H groups in total. The number of thiophene rings is 1. The molecule has 102 valence electrons. The zero-order valence-corrected chi connectivity index (χ0v) is 12.3. The molecule has 0 aromatic carbocycles. The summed E-state index contributed by atoms with van der Waals surface area (Å²) in [7, 11) is 0. The number of hydrogen-bond donors (Lipinski definition) is 1. The van der Waals surface area contributed by atoms with E-state index in [-0.39, 0.29) is 16.3 Å². The van der Waals surface area contributed by atoms with Gasteiger partial charge in [-0.2, -0.15) is 0 Å². The summed E-state index contributed by atoms with van der Waals surface area (Å²) >= 11 is 6.43. The second-order valence-corrected chi connectivity index (χ2v) is 5.40. The van der Waals surface area contributed by atoms with Crippen LogP contribution in [0.1, 0.15) is 6.92 Å². The normalized spacial score (nSPS) is 10.8. The Balaban J connectivity index is 2.22. The van der Waals surface area contributed by atoms with E-state index in [1.54, 1.807) is 22.0 Å². The molecule has 3 rings (SSSR count). The van der Waals surface area contributed by atoms with E-state index < -0.39 is 0 Å². The number of nitrogens with zero attached hydrogens (tertiary/aromatic N) is 2. The molecule has 0 radical (unpaired) electrons. The molecule has 0 aliphatic rings. The van der Waals surface area contributed by atoms with Gasteiger partial charge >= 0.3 is 0 Å². The van der Waals surface area contributed by atoms with Crippen LogP contribution in [-0.4, -0.2) is 14.8 Å². The molecule has 7 heteroatoms. The van der Waals surface area contributed by atoms with Crippen LogP contribution in [-0.2, 0) is 6.54 Å². The Kier molecular flexibility index (Phi) is 3.37. The standard InChI is InChI=1S/C13H11N3O2S2/c1-2-16-9(10-4-3-7-20-10)6-5-8(12(16)17)11-14-15-13(19)18-11/h3-7H,2H2,1H3,(H,15,19). The number of pyridine rings is 1. The summed E-state index contributed by atoms with van der Waals surface area (Å²) in [4.78, 5) is 13.8. The van der Waals surface area contributed by atoms with Crippen LogP contribution in [0.4, 0.5) is 0 Å². The van der Waals surface area contributed by atoms with Crippen molar-refractivity contribution in [2.45, 2.75) is 13.5 Å². The monoisotopic (exact) mass is 305 g/mol. The second-order valence-electron chi connectivity index (χ2n) is 4.08. The van der Waals surface area contributed by atoms with Crippen LogP contribution in [0.5, 0.6) is 0 Å². The van der Waals surface area contributed by atoms with E-state index in [0.717, 1.165) is 10.6 Å². The number of nitrogens with one attached hydrogen (secondary N) is 1. The van der Waals surface area contributed by atoms with Gasteiger partial charge in [0.1, 0.15) is 5.56 Å². The van der Waals surface area contributed by atoms with Crippen LogP contribution < -0.4 is 5.56 Å². The summed E-state index contributed by atoms with van der Waals surface area (Å²) in [5, 5.41) is 8.42. The second kappa shape index (κ2) is 5.18. The van der Waals surface area contributed by atoms with E-state index in [0.29, 0.717) is 12.1 Å². The Morgan fingerprint density at radius 1 is 1.45 bits per heavy atom. The van der Waals surface area contributed by atoms with Crippen LogP contribution in [0.2, 0.25) is 0 Å². The number of aromatic nitrogens is 3. The van der Waals surface area contributed by atoms with Gasteiger partial charge in [-0.15, -0.1) is 16.4 Å². The lowest BCUT2D eigenvalue weighted by molar-refractivity contribution is 0.550. The van der Waals surface area contributed by atoms with E-state index in [2.05, 4.69) is 10.2 Å². The minimum Gasteiger partial charge on any atom is -0.409 e. The molecule has 0 aliphatic carbocycles. The lowest BCUT2D eigenvalue weighted by atomic mass is 10.2. The quantitative estimate of drug-likeness (QED) is 0.754. The first-order chi connectivity index (χ1) is 9.70. The molecular weight excluding hydrogens is 294 g/mol. The fraction of sp³-hybridized carbons (Fsp3) is 0.154. The Bertz CT molecular complexity index is 843. The van der Waals surface area contributed by atoms with Crippen molar-refractivity contribution in [3.63, 3.8) is 0 Å². The summed E-state index contributed by atoms with van der Waals surface area (Å²) in [6.07, 6.45) is 0. The minimum absolute atomic E-state index is 0.136. The van der Waals surface area contributed by atoms with Crippen LogP contribution >= 0.6 is 23.6 Å². The summed E-state index contributed by atoms with van der Waals surface area (Å²) in [6, 6.07) is 7.58. The fourth-order valence-electron chi connectivity index (χ4n) is 2.04.